The maximum atomic E-state index is 12.1. The van der Waals surface area contributed by atoms with Crippen LogP contribution in [0.25, 0.3) is 0 Å². The molecule has 1 N–H and O–H groups in total. The number of amides is 1. The minimum atomic E-state index is 0.207. The Balaban J connectivity index is 1.47. The molecule has 102 valence electrons. The molecule has 18 heavy (non-hydrogen) atoms. The molecular formula is C14H24N2O2. The standard InChI is InChI=1S/C14H24N2O2/c17-14(15-8-11-3-4-11)12-2-1-6-16(9-12)13-5-7-18-10-13/h11-13H,1-10H2,(H,15,17). The first-order chi connectivity index (χ1) is 8.83. The fourth-order valence-corrected chi connectivity index (χ4v) is 3.07. The lowest BCUT2D eigenvalue weighted by atomic mass is 9.95. The third-order valence-electron chi connectivity index (χ3n) is 4.51. The summed E-state index contributed by atoms with van der Waals surface area (Å²) >= 11 is 0. The van der Waals surface area contributed by atoms with Gasteiger partial charge in [-0.2, -0.15) is 0 Å². The molecule has 2 heterocycles. The number of ether oxygens (including phenoxy) is 1. The van der Waals surface area contributed by atoms with E-state index in [1.807, 2.05) is 0 Å². The topological polar surface area (TPSA) is 41.6 Å². The van der Waals surface area contributed by atoms with E-state index in [1.165, 1.54) is 12.8 Å². The molecule has 4 heteroatoms. The lowest BCUT2D eigenvalue weighted by Crippen LogP contribution is -2.47. The summed E-state index contributed by atoms with van der Waals surface area (Å²) in [5, 5.41) is 3.13. The van der Waals surface area contributed by atoms with Crippen molar-refractivity contribution in [2.75, 3.05) is 32.8 Å². The van der Waals surface area contributed by atoms with Gasteiger partial charge in [-0.25, -0.2) is 0 Å². The summed E-state index contributed by atoms with van der Waals surface area (Å²) in [4.78, 5) is 14.6. The fourth-order valence-electron chi connectivity index (χ4n) is 3.07. The van der Waals surface area contributed by atoms with E-state index < -0.39 is 0 Å². The normalized spacial score (nSPS) is 33.6. The summed E-state index contributed by atoms with van der Waals surface area (Å²) in [7, 11) is 0. The predicted octanol–water partition coefficient (Wildman–Crippen LogP) is 1.01. The summed E-state index contributed by atoms with van der Waals surface area (Å²) in [6, 6.07) is 0.559. The van der Waals surface area contributed by atoms with Crippen LogP contribution in [0.3, 0.4) is 0 Å². The van der Waals surface area contributed by atoms with Crippen LogP contribution in [0, 0.1) is 11.8 Å². The quantitative estimate of drug-likeness (QED) is 0.812. The number of nitrogens with zero attached hydrogens (tertiary/aromatic N) is 1. The van der Waals surface area contributed by atoms with Gasteiger partial charge >= 0.3 is 0 Å². The van der Waals surface area contributed by atoms with Gasteiger partial charge in [0, 0.05) is 25.7 Å². The molecule has 0 spiro atoms. The molecule has 3 rings (SSSR count). The Hall–Kier alpha value is -0.610. The molecule has 1 saturated carbocycles. The number of hydrogen-bond donors (Lipinski definition) is 1. The third kappa shape index (κ3) is 3.04. The van der Waals surface area contributed by atoms with Gasteiger partial charge in [-0.3, -0.25) is 9.69 Å². The molecule has 0 aromatic heterocycles. The van der Waals surface area contributed by atoms with Crippen LogP contribution in [0.5, 0.6) is 0 Å². The van der Waals surface area contributed by atoms with Gasteiger partial charge in [0.15, 0.2) is 0 Å². The second-order valence-corrected chi connectivity index (χ2v) is 6.04. The van der Waals surface area contributed by atoms with Gasteiger partial charge in [0.05, 0.1) is 12.5 Å². The van der Waals surface area contributed by atoms with E-state index in [0.717, 1.165) is 58.0 Å². The number of nitrogens with one attached hydrogen (secondary N) is 1. The SMILES string of the molecule is O=C(NCC1CC1)C1CCCN(C2CCOC2)C1. The zero-order valence-corrected chi connectivity index (χ0v) is 11.1. The van der Waals surface area contributed by atoms with Crippen LogP contribution in [0.15, 0.2) is 0 Å². The predicted molar refractivity (Wildman–Crippen MR) is 69.3 cm³/mol. The van der Waals surface area contributed by atoms with Crippen molar-refractivity contribution in [1.82, 2.24) is 10.2 Å². The average Bonchev–Trinajstić information content (AvgIpc) is 3.08. The second kappa shape index (κ2) is 5.57. The molecule has 1 aliphatic carbocycles. The van der Waals surface area contributed by atoms with E-state index >= 15 is 0 Å². The van der Waals surface area contributed by atoms with Crippen LogP contribution in [-0.2, 0) is 9.53 Å². The molecule has 2 saturated heterocycles. The first kappa shape index (κ1) is 12.4. The molecule has 1 amide bonds. The molecular weight excluding hydrogens is 228 g/mol. The van der Waals surface area contributed by atoms with Crippen molar-refractivity contribution in [2.24, 2.45) is 11.8 Å². The van der Waals surface area contributed by atoms with E-state index in [-0.39, 0.29) is 11.8 Å². The highest BCUT2D eigenvalue weighted by Gasteiger charge is 2.32. The lowest BCUT2D eigenvalue weighted by Gasteiger charge is -2.35. The van der Waals surface area contributed by atoms with Crippen LogP contribution in [0.1, 0.15) is 32.1 Å². The zero-order chi connectivity index (χ0) is 12.4. The van der Waals surface area contributed by atoms with Crippen molar-refractivity contribution in [3.8, 4) is 0 Å². The van der Waals surface area contributed by atoms with Crippen LogP contribution in [0.2, 0.25) is 0 Å². The molecule has 2 aliphatic heterocycles. The Morgan fingerprint density at radius 3 is 2.89 bits per heavy atom. The van der Waals surface area contributed by atoms with E-state index in [2.05, 4.69) is 10.2 Å². The first-order valence-electron chi connectivity index (χ1n) is 7.42. The van der Waals surface area contributed by atoms with Crippen molar-refractivity contribution in [3.05, 3.63) is 0 Å². The summed E-state index contributed by atoms with van der Waals surface area (Å²) in [5.74, 6) is 1.26. The van der Waals surface area contributed by atoms with Crippen molar-refractivity contribution in [3.63, 3.8) is 0 Å². The molecule has 0 aromatic carbocycles. The Bertz CT molecular complexity index is 298. The number of rotatable bonds is 4. The smallest absolute Gasteiger partial charge is 0.224 e. The molecule has 0 aromatic rings. The third-order valence-corrected chi connectivity index (χ3v) is 4.51. The van der Waals surface area contributed by atoms with Gasteiger partial charge in [-0.1, -0.05) is 0 Å². The molecule has 2 atom stereocenters. The Kier molecular flexibility index (Phi) is 3.85. The highest BCUT2D eigenvalue weighted by molar-refractivity contribution is 5.79. The van der Waals surface area contributed by atoms with Crippen LogP contribution in [0.4, 0.5) is 0 Å². The van der Waals surface area contributed by atoms with Crippen molar-refractivity contribution >= 4 is 5.91 Å². The Morgan fingerprint density at radius 2 is 2.17 bits per heavy atom. The summed E-state index contributed by atoms with van der Waals surface area (Å²) in [6.07, 6.45) is 5.95. The molecule has 2 unspecified atom stereocenters. The number of hydrogen-bond acceptors (Lipinski definition) is 3. The second-order valence-electron chi connectivity index (χ2n) is 6.04. The van der Waals surface area contributed by atoms with E-state index in [9.17, 15) is 4.79 Å². The maximum Gasteiger partial charge on any atom is 0.224 e. The summed E-state index contributed by atoms with van der Waals surface area (Å²) in [6.45, 7) is 4.73. The average molecular weight is 252 g/mol. The van der Waals surface area contributed by atoms with Gasteiger partial charge < -0.3 is 10.1 Å². The van der Waals surface area contributed by atoms with Gasteiger partial charge in [0.25, 0.3) is 0 Å². The van der Waals surface area contributed by atoms with Crippen LogP contribution < -0.4 is 5.32 Å². The first-order valence-corrected chi connectivity index (χ1v) is 7.42. The van der Waals surface area contributed by atoms with E-state index in [4.69, 9.17) is 4.74 Å². The summed E-state index contributed by atoms with van der Waals surface area (Å²) < 4.78 is 5.45. The van der Waals surface area contributed by atoms with E-state index in [1.54, 1.807) is 0 Å². The van der Waals surface area contributed by atoms with Crippen molar-refractivity contribution < 1.29 is 9.53 Å². The van der Waals surface area contributed by atoms with Gasteiger partial charge in [-0.15, -0.1) is 0 Å². The van der Waals surface area contributed by atoms with Crippen molar-refractivity contribution in [2.45, 2.75) is 38.1 Å². The van der Waals surface area contributed by atoms with E-state index in [0.29, 0.717) is 6.04 Å². The minimum absolute atomic E-state index is 0.207. The molecule has 3 fully saturated rings. The minimum Gasteiger partial charge on any atom is -0.380 e. The molecule has 0 radical (unpaired) electrons. The van der Waals surface area contributed by atoms with Gasteiger partial charge in [0.1, 0.15) is 0 Å². The number of carbonyl (C=O) groups is 1. The van der Waals surface area contributed by atoms with Crippen molar-refractivity contribution in [1.29, 1.82) is 0 Å². The largest absolute Gasteiger partial charge is 0.380 e. The monoisotopic (exact) mass is 252 g/mol. The fraction of sp³-hybridized carbons (Fsp3) is 0.929. The molecule has 4 nitrogen and oxygen atoms in total. The van der Waals surface area contributed by atoms with Crippen LogP contribution >= 0.6 is 0 Å². The summed E-state index contributed by atoms with van der Waals surface area (Å²) in [5.41, 5.74) is 0. The lowest BCUT2D eigenvalue weighted by molar-refractivity contribution is -0.127. The van der Waals surface area contributed by atoms with Gasteiger partial charge in [0.2, 0.25) is 5.91 Å². The number of carbonyl (C=O) groups excluding carboxylic acids is 1. The Morgan fingerprint density at radius 1 is 1.28 bits per heavy atom. The van der Waals surface area contributed by atoms with Gasteiger partial charge in [-0.05, 0) is 44.6 Å². The highest BCUT2D eigenvalue weighted by atomic mass is 16.5. The maximum absolute atomic E-state index is 12.1. The van der Waals surface area contributed by atoms with Crippen LogP contribution in [-0.4, -0.2) is 49.7 Å². The molecule has 0 bridgehead atoms. The zero-order valence-electron chi connectivity index (χ0n) is 11.1. The molecule has 3 aliphatic rings. The highest BCUT2D eigenvalue weighted by Crippen LogP contribution is 2.28. The Labute approximate surface area is 109 Å². The number of piperidine rings is 1. The number of likely N-dealkylation sites (tertiary alicyclic amines) is 1.